The lowest BCUT2D eigenvalue weighted by Gasteiger charge is -2.11. The van der Waals surface area contributed by atoms with Crippen molar-refractivity contribution in [2.75, 3.05) is 0 Å². The molecule has 0 spiro atoms. The zero-order chi connectivity index (χ0) is 12.1. The molecule has 0 aliphatic rings. The minimum absolute atomic E-state index is 1.15. The van der Waals surface area contributed by atoms with Gasteiger partial charge in [-0.2, -0.15) is 0 Å². The zero-order valence-electron chi connectivity index (χ0n) is 10.9. The van der Waals surface area contributed by atoms with E-state index in [0.29, 0.717) is 0 Å². The Bertz CT molecular complexity index is 408. The van der Waals surface area contributed by atoms with Crippen LogP contribution < -0.4 is 0 Å². The van der Waals surface area contributed by atoms with Crippen molar-refractivity contribution < 1.29 is 0 Å². The first kappa shape index (κ1) is 12.8. The summed E-state index contributed by atoms with van der Waals surface area (Å²) in [5.74, 6) is 0. The maximum Gasteiger partial charge on any atom is -0.0155 e. The van der Waals surface area contributed by atoms with Crippen molar-refractivity contribution in [3.8, 4) is 0 Å². The quantitative estimate of drug-likeness (QED) is 0.614. The summed E-state index contributed by atoms with van der Waals surface area (Å²) in [6.45, 7) is 12.7. The number of hydrogen-bond donors (Lipinski definition) is 0. The third kappa shape index (κ3) is 2.85. The normalized spacial score (nSPS) is 12.2. The van der Waals surface area contributed by atoms with Gasteiger partial charge in [-0.3, -0.25) is 0 Å². The van der Waals surface area contributed by atoms with E-state index in [0.717, 1.165) is 6.42 Å². The Morgan fingerprint density at radius 3 is 2.50 bits per heavy atom. The molecule has 86 valence electrons. The van der Waals surface area contributed by atoms with Gasteiger partial charge in [0.25, 0.3) is 0 Å². The molecule has 0 amide bonds. The zero-order valence-corrected chi connectivity index (χ0v) is 10.9. The van der Waals surface area contributed by atoms with Crippen LogP contribution in [-0.2, 0) is 0 Å². The second-order valence-electron chi connectivity index (χ2n) is 4.47. The first-order chi connectivity index (χ1) is 7.60. The fraction of sp³-hybridized carbons (Fsp3) is 0.375. The standard InChI is InChI=1S/C16H22/c1-6-8-13(4)15(7-2)16-10-9-12(3)11-14(16)5/h7,9-11H,2,6,8H2,1,3-5H3/b15-13+. The Balaban J connectivity index is 3.23. The number of benzene rings is 1. The third-order valence-corrected chi connectivity index (χ3v) is 2.96. The van der Waals surface area contributed by atoms with E-state index >= 15 is 0 Å². The summed E-state index contributed by atoms with van der Waals surface area (Å²) in [4.78, 5) is 0. The van der Waals surface area contributed by atoms with Crippen LogP contribution in [0.5, 0.6) is 0 Å². The van der Waals surface area contributed by atoms with Crippen molar-refractivity contribution in [3.05, 3.63) is 53.1 Å². The van der Waals surface area contributed by atoms with Gasteiger partial charge in [0.15, 0.2) is 0 Å². The van der Waals surface area contributed by atoms with E-state index in [1.807, 2.05) is 6.08 Å². The van der Waals surface area contributed by atoms with Gasteiger partial charge < -0.3 is 0 Å². The van der Waals surface area contributed by atoms with Crippen molar-refractivity contribution in [2.24, 2.45) is 0 Å². The SMILES string of the molecule is C=C/C(=C(/C)CCC)c1ccc(C)cc1C. The van der Waals surface area contributed by atoms with Crippen LogP contribution in [0.3, 0.4) is 0 Å². The number of rotatable bonds is 4. The first-order valence-electron chi connectivity index (χ1n) is 6.00. The van der Waals surface area contributed by atoms with Crippen LogP contribution in [-0.4, -0.2) is 0 Å². The lowest BCUT2D eigenvalue weighted by atomic mass is 9.94. The van der Waals surface area contributed by atoms with Gasteiger partial charge in [-0.15, -0.1) is 0 Å². The Hall–Kier alpha value is -1.30. The Labute approximate surface area is 99.7 Å². The molecule has 0 heterocycles. The molecule has 0 bridgehead atoms. The first-order valence-corrected chi connectivity index (χ1v) is 6.00. The molecule has 0 saturated heterocycles. The van der Waals surface area contributed by atoms with Crippen LogP contribution in [0.2, 0.25) is 0 Å². The van der Waals surface area contributed by atoms with Gasteiger partial charge in [-0.1, -0.05) is 55.3 Å². The van der Waals surface area contributed by atoms with Crippen molar-refractivity contribution in [2.45, 2.75) is 40.5 Å². The van der Waals surface area contributed by atoms with Crippen molar-refractivity contribution >= 4 is 5.57 Å². The number of aryl methyl sites for hydroxylation is 2. The fourth-order valence-corrected chi connectivity index (χ4v) is 2.14. The van der Waals surface area contributed by atoms with Crippen LogP contribution in [0.4, 0.5) is 0 Å². The Morgan fingerprint density at radius 2 is 2.00 bits per heavy atom. The highest BCUT2D eigenvalue weighted by Crippen LogP contribution is 2.26. The van der Waals surface area contributed by atoms with E-state index in [2.05, 4.69) is 52.5 Å². The fourth-order valence-electron chi connectivity index (χ4n) is 2.14. The van der Waals surface area contributed by atoms with Gasteiger partial charge >= 0.3 is 0 Å². The molecule has 1 rings (SSSR count). The van der Waals surface area contributed by atoms with Crippen LogP contribution in [0.15, 0.2) is 36.4 Å². The minimum Gasteiger partial charge on any atom is -0.0984 e. The molecule has 0 nitrogen and oxygen atoms in total. The molecule has 0 fully saturated rings. The lowest BCUT2D eigenvalue weighted by Crippen LogP contribution is -1.91. The molecule has 0 atom stereocenters. The van der Waals surface area contributed by atoms with E-state index in [-0.39, 0.29) is 0 Å². The largest absolute Gasteiger partial charge is 0.0984 e. The summed E-state index contributed by atoms with van der Waals surface area (Å²) < 4.78 is 0. The van der Waals surface area contributed by atoms with E-state index in [1.165, 1.54) is 34.3 Å². The van der Waals surface area contributed by atoms with Gasteiger partial charge in [0.05, 0.1) is 0 Å². The Morgan fingerprint density at radius 1 is 1.31 bits per heavy atom. The summed E-state index contributed by atoms with van der Waals surface area (Å²) in [6.07, 6.45) is 4.32. The van der Waals surface area contributed by atoms with Gasteiger partial charge in [-0.25, -0.2) is 0 Å². The van der Waals surface area contributed by atoms with Gasteiger partial charge in [-0.05, 0) is 43.9 Å². The predicted molar refractivity (Wildman–Crippen MR) is 73.6 cm³/mol. The van der Waals surface area contributed by atoms with Crippen LogP contribution >= 0.6 is 0 Å². The smallest absolute Gasteiger partial charge is 0.0155 e. The molecule has 0 aromatic heterocycles. The van der Waals surface area contributed by atoms with Crippen molar-refractivity contribution in [1.29, 1.82) is 0 Å². The summed E-state index contributed by atoms with van der Waals surface area (Å²) in [5, 5.41) is 0. The molecule has 0 saturated carbocycles. The van der Waals surface area contributed by atoms with Gasteiger partial charge in [0.1, 0.15) is 0 Å². The average molecular weight is 214 g/mol. The topological polar surface area (TPSA) is 0 Å². The molecule has 1 aromatic rings. The summed E-state index contributed by atoms with van der Waals surface area (Å²) in [5.41, 5.74) is 6.72. The second-order valence-corrected chi connectivity index (χ2v) is 4.47. The average Bonchev–Trinajstić information content (AvgIpc) is 2.22. The van der Waals surface area contributed by atoms with E-state index in [4.69, 9.17) is 0 Å². The van der Waals surface area contributed by atoms with Gasteiger partial charge in [0.2, 0.25) is 0 Å². The summed E-state index contributed by atoms with van der Waals surface area (Å²) in [6, 6.07) is 6.62. The van der Waals surface area contributed by atoms with Crippen LogP contribution in [0.25, 0.3) is 5.57 Å². The molecular weight excluding hydrogens is 192 g/mol. The predicted octanol–water partition coefficient (Wildman–Crippen LogP) is 5.06. The van der Waals surface area contributed by atoms with E-state index in [1.54, 1.807) is 0 Å². The molecular formula is C16H22. The van der Waals surface area contributed by atoms with E-state index < -0.39 is 0 Å². The molecule has 0 radical (unpaired) electrons. The van der Waals surface area contributed by atoms with E-state index in [9.17, 15) is 0 Å². The van der Waals surface area contributed by atoms with Crippen LogP contribution in [0.1, 0.15) is 43.4 Å². The second kappa shape index (κ2) is 5.69. The molecule has 0 N–H and O–H groups in total. The molecule has 1 aromatic carbocycles. The molecule has 0 unspecified atom stereocenters. The highest BCUT2D eigenvalue weighted by molar-refractivity contribution is 5.77. The molecule has 0 aliphatic heterocycles. The Kier molecular flexibility index (Phi) is 4.54. The van der Waals surface area contributed by atoms with Gasteiger partial charge in [0, 0.05) is 0 Å². The van der Waals surface area contributed by atoms with Crippen molar-refractivity contribution in [1.82, 2.24) is 0 Å². The highest BCUT2D eigenvalue weighted by atomic mass is 14.1. The summed E-state index contributed by atoms with van der Waals surface area (Å²) >= 11 is 0. The van der Waals surface area contributed by atoms with Crippen molar-refractivity contribution in [3.63, 3.8) is 0 Å². The highest BCUT2D eigenvalue weighted by Gasteiger charge is 2.05. The minimum atomic E-state index is 1.15. The molecule has 16 heavy (non-hydrogen) atoms. The molecule has 0 heteroatoms. The number of allylic oxidation sites excluding steroid dienone is 3. The molecule has 0 aliphatic carbocycles. The maximum atomic E-state index is 3.95. The maximum absolute atomic E-state index is 3.95. The summed E-state index contributed by atoms with van der Waals surface area (Å²) in [7, 11) is 0. The van der Waals surface area contributed by atoms with Crippen LogP contribution in [0, 0.1) is 13.8 Å². The number of hydrogen-bond acceptors (Lipinski definition) is 0. The monoisotopic (exact) mass is 214 g/mol. The lowest BCUT2D eigenvalue weighted by molar-refractivity contribution is 0.908. The third-order valence-electron chi connectivity index (χ3n) is 2.96.